The molecule has 4 heteroatoms. The van der Waals surface area contributed by atoms with Crippen LogP contribution in [0.4, 0.5) is 0 Å². The summed E-state index contributed by atoms with van der Waals surface area (Å²) in [5.74, 6) is -0.0340. The maximum Gasteiger partial charge on any atom is 0.235 e. The lowest BCUT2D eigenvalue weighted by Gasteiger charge is -2.46. The van der Waals surface area contributed by atoms with E-state index in [2.05, 4.69) is 5.32 Å². The number of halogens is 1. The van der Waals surface area contributed by atoms with Gasteiger partial charge < -0.3 is 10.1 Å². The lowest BCUT2D eigenvalue weighted by molar-refractivity contribution is -0.128. The number of amides is 1. The number of ether oxygens (including phenoxy) is 1. The van der Waals surface area contributed by atoms with Crippen LogP contribution in [-0.4, -0.2) is 30.0 Å². The molecule has 2 aliphatic rings. The fourth-order valence-corrected chi connectivity index (χ4v) is 2.32. The van der Waals surface area contributed by atoms with Crippen molar-refractivity contribution in [3.05, 3.63) is 0 Å². The van der Waals surface area contributed by atoms with E-state index in [9.17, 15) is 4.79 Å². The van der Waals surface area contributed by atoms with Gasteiger partial charge in [0.2, 0.25) is 5.91 Å². The van der Waals surface area contributed by atoms with Gasteiger partial charge in [0.05, 0.1) is 11.6 Å². The van der Waals surface area contributed by atoms with Gasteiger partial charge in [0.25, 0.3) is 0 Å². The molecule has 3 nitrogen and oxygen atoms in total. The molecule has 0 radical (unpaired) electrons. The molecule has 0 aromatic carbocycles. The summed E-state index contributed by atoms with van der Waals surface area (Å²) in [4.78, 5) is 11.1. The molecule has 1 aliphatic heterocycles. The zero-order valence-electron chi connectivity index (χ0n) is 7.51. The van der Waals surface area contributed by atoms with Gasteiger partial charge in [0.1, 0.15) is 5.88 Å². The van der Waals surface area contributed by atoms with Gasteiger partial charge in [-0.2, -0.15) is 0 Å². The highest BCUT2D eigenvalue weighted by Crippen LogP contribution is 2.43. The topological polar surface area (TPSA) is 38.3 Å². The van der Waals surface area contributed by atoms with Crippen molar-refractivity contribution in [2.45, 2.75) is 37.3 Å². The molecule has 0 bridgehead atoms. The molecular weight excluding hydrogens is 190 g/mol. The first-order valence-corrected chi connectivity index (χ1v) is 5.29. The molecule has 1 saturated carbocycles. The Morgan fingerprint density at radius 2 is 2.46 bits per heavy atom. The maximum atomic E-state index is 11.1. The Kier molecular flexibility index (Phi) is 2.47. The SMILES string of the molecule is O=C(CCl)NC1CCC12CCCO2. The number of hydrogen-bond acceptors (Lipinski definition) is 2. The van der Waals surface area contributed by atoms with E-state index in [1.807, 2.05) is 0 Å². The molecule has 0 aromatic heterocycles. The molecule has 13 heavy (non-hydrogen) atoms. The van der Waals surface area contributed by atoms with Gasteiger partial charge in [-0.1, -0.05) is 0 Å². The molecule has 1 aliphatic carbocycles. The molecule has 2 fully saturated rings. The van der Waals surface area contributed by atoms with Gasteiger partial charge in [-0.05, 0) is 25.7 Å². The van der Waals surface area contributed by atoms with E-state index >= 15 is 0 Å². The summed E-state index contributed by atoms with van der Waals surface area (Å²) in [6.07, 6.45) is 4.32. The number of hydrogen-bond donors (Lipinski definition) is 1. The van der Waals surface area contributed by atoms with E-state index in [0.29, 0.717) is 0 Å². The molecular formula is C9H14ClNO2. The summed E-state index contributed by atoms with van der Waals surface area (Å²) in [6.45, 7) is 0.841. The second-order valence-corrected chi connectivity index (χ2v) is 4.08. The Hall–Kier alpha value is -0.280. The molecule has 2 unspecified atom stereocenters. The summed E-state index contributed by atoms with van der Waals surface area (Å²) in [5, 5.41) is 2.90. The molecule has 74 valence electrons. The monoisotopic (exact) mass is 203 g/mol. The Morgan fingerprint density at radius 1 is 1.62 bits per heavy atom. The van der Waals surface area contributed by atoms with Crippen LogP contribution in [0.2, 0.25) is 0 Å². The average molecular weight is 204 g/mol. The highest BCUT2D eigenvalue weighted by molar-refractivity contribution is 6.27. The average Bonchev–Trinajstić information content (AvgIpc) is 2.62. The van der Waals surface area contributed by atoms with Crippen molar-refractivity contribution in [3.8, 4) is 0 Å². The molecule has 1 heterocycles. The van der Waals surface area contributed by atoms with Gasteiger partial charge in [-0.15, -0.1) is 11.6 Å². The fraction of sp³-hybridized carbons (Fsp3) is 0.889. The Morgan fingerprint density at radius 3 is 2.92 bits per heavy atom. The Labute approximate surface area is 82.8 Å². The van der Waals surface area contributed by atoms with Crippen LogP contribution in [0, 0.1) is 0 Å². The van der Waals surface area contributed by atoms with Crippen LogP contribution in [0.3, 0.4) is 0 Å². The third-order valence-corrected chi connectivity index (χ3v) is 3.32. The van der Waals surface area contributed by atoms with Crippen LogP contribution in [0.25, 0.3) is 0 Å². The Bertz CT molecular complexity index is 214. The quantitative estimate of drug-likeness (QED) is 0.682. The van der Waals surface area contributed by atoms with Crippen molar-refractivity contribution in [1.29, 1.82) is 0 Å². The predicted octanol–water partition coefficient (Wildman–Crippen LogP) is 1.05. The molecule has 1 N–H and O–H groups in total. The zero-order chi connectivity index (χ0) is 9.31. The summed E-state index contributed by atoms with van der Waals surface area (Å²) < 4.78 is 5.68. The van der Waals surface area contributed by atoms with Crippen molar-refractivity contribution >= 4 is 17.5 Å². The molecule has 2 atom stereocenters. The number of rotatable bonds is 2. The standard InChI is InChI=1S/C9H14ClNO2/c10-6-8(12)11-7-2-4-9(7)3-1-5-13-9/h7H,1-6H2,(H,11,12). The number of carbonyl (C=O) groups excluding carboxylic acids is 1. The van der Waals surface area contributed by atoms with E-state index in [1.54, 1.807) is 0 Å². The van der Waals surface area contributed by atoms with E-state index in [0.717, 1.165) is 32.3 Å². The highest BCUT2D eigenvalue weighted by atomic mass is 35.5. The summed E-state index contributed by atoms with van der Waals surface area (Å²) in [6, 6.07) is 0.209. The number of nitrogens with one attached hydrogen (secondary N) is 1. The first kappa shape index (κ1) is 9.28. The second-order valence-electron chi connectivity index (χ2n) is 3.81. The van der Waals surface area contributed by atoms with Gasteiger partial charge in [0.15, 0.2) is 0 Å². The highest BCUT2D eigenvalue weighted by Gasteiger charge is 2.50. The number of alkyl halides is 1. The first-order valence-electron chi connectivity index (χ1n) is 4.76. The second kappa shape index (κ2) is 3.46. The van der Waals surface area contributed by atoms with Gasteiger partial charge >= 0.3 is 0 Å². The fourth-order valence-electron chi connectivity index (χ4n) is 2.24. The van der Waals surface area contributed by atoms with E-state index in [1.165, 1.54) is 0 Å². The summed E-state index contributed by atoms with van der Waals surface area (Å²) in [7, 11) is 0. The largest absolute Gasteiger partial charge is 0.373 e. The lowest BCUT2D eigenvalue weighted by Crippen LogP contribution is -2.60. The van der Waals surface area contributed by atoms with Crippen LogP contribution in [0.1, 0.15) is 25.7 Å². The van der Waals surface area contributed by atoms with E-state index in [-0.39, 0.29) is 23.4 Å². The van der Waals surface area contributed by atoms with Gasteiger partial charge in [-0.3, -0.25) is 4.79 Å². The van der Waals surface area contributed by atoms with Crippen LogP contribution >= 0.6 is 11.6 Å². The minimum atomic E-state index is -0.0822. The summed E-state index contributed by atoms with van der Waals surface area (Å²) >= 11 is 5.42. The third-order valence-electron chi connectivity index (χ3n) is 3.08. The minimum absolute atomic E-state index is 0.0261. The van der Waals surface area contributed by atoms with Crippen molar-refractivity contribution in [2.75, 3.05) is 12.5 Å². The van der Waals surface area contributed by atoms with Crippen molar-refractivity contribution < 1.29 is 9.53 Å². The van der Waals surface area contributed by atoms with E-state index < -0.39 is 0 Å². The zero-order valence-corrected chi connectivity index (χ0v) is 8.27. The maximum absolute atomic E-state index is 11.1. The van der Waals surface area contributed by atoms with Crippen molar-refractivity contribution in [2.24, 2.45) is 0 Å². The Balaban J connectivity index is 1.90. The predicted molar refractivity (Wildman–Crippen MR) is 49.8 cm³/mol. The molecule has 0 aromatic rings. The van der Waals surface area contributed by atoms with E-state index in [4.69, 9.17) is 16.3 Å². The molecule has 2 rings (SSSR count). The lowest BCUT2D eigenvalue weighted by atomic mass is 9.73. The van der Waals surface area contributed by atoms with Crippen molar-refractivity contribution in [3.63, 3.8) is 0 Å². The molecule has 1 spiro atoms. The third kappa shape index (κ3) is 1.55. The van der Waals surface area contributed by atoms with Crippen LogP contribution in [-0.2, 0) is 9.53 Å². The summed E-state index contributed by atoms with van der Waals surface area (Å²) in [5.41, 5.74) is -0.0261. The van der Waals surface area contributed by atoms with Crippen molar-refractivity contribution in [1.82, 2.24) is 5.32 Å². The van der Waals surface area contributed by atoms with Gasteiger partial charge in [-0.25, -0.2) is 0 Å². The van der Waals surface area contributed by atoms with Crippen LogP contribution in [0.5, 0.6) is 0 Å². The normalized spacial score (nSPS) is 37.5. The number of carbonyl (C=O) groups is 1. The minimum Gasteiger partial charge on any atom is -0.373 e. The smallest absolute Gasteiger partial charge is 0.235 e. The van der Waals surface area contributed by atoms with Crippen LogP contribution in [0.15, 0.2) is 0 Å². The van der Waals surface area contributed by atoms with Crippen LogP contribution < -0.4 is 5.32 Å². The van der Waals surface area contributed by atoms with Gasteiger partial charge in [0, 0.05) is 6.61 Å². The molecule has 1 amide bonds. The molecule has 1 saturated heterocycles. The first-order chi connectivity index (χ1) is 6.27.